The van der Waals surface area contributed by atoms with E-state index in [0.29, 0.717) is 0 Å². The van der Waals surface area contributed by atoms with Gasteiger partial charge in [0.15, 0.2) is 5.65 Å². The Balaban J connectivity index is 2.12. The van der Waals surface area contributed by atoms with Crippen LogP contribution in [0.3, 0.4) is 0 Å². The summed E-state index contributed by atoms with van der Waals surface area (Å²) in [6, 6.07) is 3.78. The number of nitrogens with zero attached hydrogens (tertiary/aromatic N) is 4. The molecule has 2 aromatic heterocycles. The molecule has 29 heavy (non-hydrogen) atoms. The average Bonchev–Trinajstić information content (AvgIpc) is 3.14. The molecule has 0 unspecified atom stereocenters. The number of methoxy groups -OCH3 is 1. The van der Waals surface area contributed by atoms with Crippen LogP contribution < -0.4 is 9.46 Å². The van der Waals surface area contributed by atoms with Crippen molar-refractivity contribution in [3.05, 3.63) is 39.8 Å². The van der Waals surface area contributed by atoms with Gasteiger partial charge in [0.25, 0.3) is 15.2 Å². The van der Waals surface area contributed by atoms with Crippen LogP contribution in [0.1, 0.15) is 17.3 Å². The van der Waals surface area contributed by atoms with Crippen molar-refractivity contribution in [2.45, 2.75) is 12.1 Å². The molecule has 154 valence electrons. The summed E-state index contributed by atoms with van der Waals surface area (Å²) >= 11 is 11.9. The van der Waals surface area contributed by atoms with Crippen LogP contribution in [0, 0.1) is 5.95 Å². The first kappa shape index (κ1) is 21.0. The lowest BCUT2D eigenvalue weighted by molar-refractivity contribution is 0.0602. The van der Waals surface area contributed by atoms with Gasteiger partial charge < -0.3 is 9.47 Å². The summed E-state index contributed by atoms with van der Waals surface area (Å²) in [4.78, 5) is 19.1. The van der Waals surface area contributed by atoms with Crippen molar-refractivity contribution in [3.63, 3.8) is 0 Å². The first-order valence-corrected chi connectivity index (χ1v) is 10.1. The number of carbonyl (C=O) groups is 1. The smallest absolute Gasteiger partial charge is 0.340 e. The highest BCUT2D eigenvalue weighted by Gasteiger charge is 2.28. The number of sulfonamides is 1. The third-order valence-corrected chi connectivity index (χ3v) is 5.28. The maximum atomic E-state index is 13.9. The third-order valence-electron chi connectivity index (χ3n) is 3.51. The number of esters is 1. The first-order chi connectivity index (χ1) is 13.7. The number of hydrogen-bond acceptors (Lipinski definition) is 8. The molecular formula is C15H12Cl2FN5O5S. The number of para-hydroxylation sites is 1. The van der Waals surface area contributed by atoms with Crippen LogP contribution in [-0.4, -0.2) is 47.7 Å². The molecule has 0 amide bonds. The maximum Gasteiger partial charge on any atom is 0.340 e. The zero-order valence-electron chi connectivity index (χ0n) is 14.8. The molecule has 1 aromatic carbocycles. The van der Waals surface area contributed by atoms with Gasteiger partial charge in [0.2, 0.25) is 5.95 Å². The van der Waals surface area contributed by atoms with Gasteiger partial charge in [-0.2, -0.15) is 27.3 Å². The van der Waals surface area contributed by atoms with Crippen molar-refractivity contribution in [2.75, 3.05) is 18.4 Å². The van der Waals surface area contributed by atoms with Gasteiger partial charge in [-0.15, -0.1) is 5.10 Å². The van der Waals surface area contributed by atoms with Crippen molar-refractivity contribution in [1.29, 1.82) is 0 Å². The van der Waals surface area contributed by atoms with Gasteiger partial charge in [-0.25, -0.2) is 4.79 Å². The molecule has 1 N–H and O–H groups in total. The van der Waals surface area contributed by atoms with Gasteiger partial charge in [-0.1, -0.05) is 29.3 Å². The number of fused-ring (bicyclic) bond motifs is 1. The molecule has 0 radical (unpaired) electrons. The zero-order chi connectivity index (χ0) is 21.3. The quantitative estimate of drug-likeness (QED) is 0.436. The van der Waals surface area contributed by atoms with E-state index in [2.05, 4.69) is 24.5 Å². The average molecular weight is 464 g/mol. The Labute approximate surface area is 173 Å². The fourth-order valence-electron chi connectivity index (χ4n) is 2.27. The van der Waals surface area contributed by atoms with E-state index in [1.165, 1.54) is 18.2 Å². The number of rotatable bonds is 6. The summed E-state index contributed by atoms with van der Waals surface area (Å²) < 4.78 is 52.2. The summed E-state index contributed by atoms with van der Waals surface area (Å²) in [5.74, 6) is -1.92. The number of hydrogen-bond donors (Lipinski definition) is 1. The number of halogens is 3. The number of anilines is 1. The van der Waals surface area contributed by atoms with E-state index in [1.807, 2.05) is 0 Å². The van der Waals surface area contributed by atoms with Crippen LogP contribution in [-0.2, 0) is 14.8 Å². The highest BCUT2D eigenvalue weighted by atomic mass is 35.5. The fourth-order valence-corrected chi connectivity index (χ4v) is 3.68. The number of nitrogens with one attached hydrogen (secondary N) is 1. The van der Waals surface area contributed by atoms with E-state index in [4.69, 9.17) is 27.9 Å². The molecule has 0 bridgehead atoms. The van der Waals surface area contributed by atoms with Crippen LogP contribution in [0.5, 0.6) is 6.01 Å². The number of aromatic nitrogens is 4. The molecular weight excluding hydrogens is 452 g/mol. The first-order valence-electron chi connectivity index (χ1n) is 7.83. The number of benzene rings is 1. The zero-order valence-corrected chi connectivity index (χ0v) is 17.1. The van der Waals surface area contributed by atoms with Crippen LogP contribution in [0.4, 0.5) is 10.1 Å². The summed E-state index contributed by atoms with van der Waals surface area (Å²) in [6.45, 7) is 1.72. The van der Waals surface area contributed by atoms with E-state index in [1.54, 1.807) is 6.92 Å². The molecule has 10 nitrogen and oxygen atoms in total. The predicted molar refractivity (Wildman–Crippen MR) is 101 cm³/mol. The lowest BCUT2D eigenvalue weighted by Gasteiger charge is -2.11. The molecule has 3 rings (SSSR count). The fraction of sp³-hybridized carbons (Fsp3) is 0.200. The molecule has 0 aliphatic rings. The SMILES string of the molecule is CCOc1nc(F)c(Cl)c2nc(S(=O)(=O)Nc3c(Cl)cccc3C(=O)OC)nn12. The molecule has 0 atom stereocenters. The second kappa shape index (κ2) is 7.97. The molecule has 0 aliphatic heterocycles. The maximum absolute atomic E-state index is 13.9. The molecule has 0 saturated heterocycles. The Morgan fingerprint density at radius 1 is 1.31 bits per heavy atom. The molecule has 2 heterocycles. The molecule has 0 aliphatic carbocycles. The molecule has 0 fully saturated rings. The van der Waals surface area contributed by atoms with Gasteiger partial charge >= 0.3 is 12.0 Å². The van der Waals surface area contributed by atoms with Crippen LogP contribution in [0.2, 0.25) is 10.0 Å². The molecule has 3 aromatic rings. The van der Waals surface area contributed by atoms with Crippen molar-refractivity contribution in [3.8, 4) is 6.01 Å². The Morgan fingerprint density at radius 3 is 2.69 bits per heavy atom. The number of ether oxygens (including phenoxy) is 2. The summed E-state index contributed by atoms with van der Waals surface area (Å²) in [5.41, 5.74) is -0.691. The lowest BCUT2D eigenvalue weighted by atomic mass is 10.2. The normalized spacial score (nSPS) is 11.5. The Hall–Kier alpha value is -2.70. The molecule has 0 saturated carbocycles. The minimum Gasteiger partial charge on any atom is -0.465 e. The van der Waals surface area contributed by atoms with Crippen molar-refractivity contribution in [2.24, 2.45) is 0 Å². The second-order valence-corrected chi connectivity index (χ2v) is 7.68. The van der Waals surface area contributed by atoms with Crippen LogP contribution in [0.15, 0.2) is 23.4 Å². The largest absolute Gasteiger partial charge is 0.465 e. The summed E-state index contributed by atoms with van der Waals surface area (Å²) in [6.07, 6.45) is 0. The van der Waals surface area contributed by atoms with Gasteiger partial charge in [0.05, 0.1) is 30.0 Å². The second-order valence-electron chi connectivity index (χ2n) is 5.32. The van der Waals surface area contributed by atoms with Crippen molar-refractivity contribution in [1.82, 2.24) is 19.6 Å². The summed E-state index contributed by atoms with van der Waals surface area (Å²) in [5, 5.41) is 2.39. The Morgan fingerprint density at radius 2 is 2.03 bits per heavy atom. The Kier molecular flexibility index (Phi) is 5.78. The molecule has 0 spiro atoms. The molecule has 14 heteroatoms. The minimum absolute atomic E-state index is 0.0685. The van der Waals surface area contributed by atoms with Crippen molar-refractivity contribution >= 4 is 50.5 Å². The Bertz CT molecular complexity index is 1220. The highest BCUT2D eigenvalue weighted by molar-refractivity contribution is 7.92. The van der Waals surface area contributed by atoms with E-state index < -0.39 is 32.1 Å². The van der Waals surface area contributed by atoms with Crippen molar-refractivity contribution < 1.29 is 27.1 Å². The van der Waals surface area contributed by atoms with E-state index in [0.717, 1.165) is 11.6 Å². The van der Waals surface area contributed by atoms with E-state index >= 15 is 0 Å². The predicted octanol–water partition coefficient (Wildman–Crippen LogP) is 2.56. The van der Waals surface area contributed by atoms with Gasteiger partial charge in [-0.05, 0) is 19.1 Å². The van der Waals surface area contributed by atoms with Crippen LogP contribution >= 0.6 is 23.2 Å². The minimum atomic E-state index is -4.47. The number of carbonyl (C=O) groups excluding carboxylic acids is 1. The lowest BCUT2D eigenvalue weighted by Crippen LogP contribution is -2.18. The highest BCUT2D eigenvalue weighted by Crippen LogP contribution is 2.29. The topological polar surface area (TPSA) is 125 Å². The van der Waals surface area contributed by atoms with E-state index in [9.17, 15) is 17.6 Å². The third kappa shape index (κ3) is 3.91. The monoisotopic (exact) mass is 463 g/mol. The van der Waals surface area contributed by atoms with Gasteiger partial charge in [0, 0.05) is 0 Å². The van der Waals surface area contributed by atoms with Crippen LogP contribution in [0.25, 0.3) is 5.65 Å². The van der Waals surface area contributed by atoms with E-state index in [-0.39, 0.29) is 34.5 Å². The van der Waals surface area contributed by atoms with Gasteiger partial charge in [0.1, 0.15) is 5.02 Å². The summed E-state index contributed by atoms with van der Waals surface area (Å²) in [7, 11) is -3.34. The van der Waals surface area contributed by atoms with Gasteiger partial charge in [-0.3, -0.25) is 4.72 Å². The standard InChI is InChI=1S/C15H12Cl2FN5O5S/c1-3-28-15-19-11(18)9(17)12-20-14(21-23(12)15)29(25,26)22-10-7(13(24)27-2)5-4-6-8(10)16/h4-6,22H,3H2,1-2H3.